The molecule has 2 N–H and O–H groups in total. The molecule has 0 heterocycles. The summed E-state index contributed by atoms with van der Waals surface area (Å²) in [4.78, 5) is 0. The minimum atomic E-state index is -0.314. The Morgan fingerprint density at radius 3 is 2.41 bits per heavy atom. The number of rotatable bonds is 4. The molecule has 0 aliphatic heterocycles. The first-order valence-electron chi connectivity index (χ1n) is 13.5. The summed E-state index contributed by atoms with van der Waals surface area (Å²) < 4.78 is 0. The maximum Gasteiger partial charge on any atom is 0.0726 e. The predicted octanol–water partition coefficient (Wildman–Crippen LogP) is 7.31. The molecule has 4 aliphatic carbocycles. The summed E-state index contributed by atoms with van der Waals surface area (Å²) in [5.74, 6) is 2.48. The zero-order chi connectivity index (χ0) is 23.7. The van der Waals surface area contributed by atoms with Gasteiger partial charge >= 0.3 is 0 Å². The van der Waals surface area contributed by atoms with Gasteiger partial charge in [0.15, 0.2) is 0 Å². The van der Waals surface area contributed by atoms with Gasteiger partial charge in [-0.1, -0.05) is 64.8 Å². The molecule has 3 saturated carbocycles. The van der Waals surface area contributed by atoms with Gasteiger partial charge in [-0.2, -0.15) is 0 Å². The zero-order valence-electron chi connectivity index (χ0n) is 22.2. The first kappa shape index (κ1) is 24.5. The standard InChI is InChI=1S/C30H50O2/c1-19(2)17-21(31)18-20(3)22-11-15-30(8)24-9-10-25-27(4,5)26(32)13-14-28(25,6)23(24)12-16-29(22,30)7/h9,17,20-23,25-26,31-32H,10-16,18H2,1-8H3/t20-,21?,22-,23-,25-,26-,28+,29-,30+/m0/s1. The Hall–Kier alpha value is -0.600. The molecular weight excluding hydrogens is 392 g/mol. The molecule has 0 bridgehead atoms. The maximum atomic E-state index is 10.8. The third-order valence-corrected chi connectivity index (χ3v) is 11.7. The highest BCUT2D eigenvalue weighted by Crippen LogP contribution is 2.73. The quantitative estimate of drug-likeness (QED) is 0.448. The topological polar surface area (TPSA) is 40.5 Å². The van der Waals surface area contributed by atoms with Crippen molar-refractivity contribution in [2.75, 3.05) is 0 Å². The second-order valence-corrected chi connectivity index (χ2v) is 13.8. The summed E-state index contributed by atoms with van der Waals surface area (Å²) in [6, 6.07) is 0. The van der Waals surface area contributed by atoms with Crippen molar-refractivity contribution in [1.82, 2.24) is 0 Å². The number of aliphatic hydroxyl groups is 2. The molecule has 0 aromatic carbocycles. The lowest BCUT2D eigenvalue weighted by atomic mass is 9.41. The van der Waals surface area contributed by atoms with E-state index < -0.39 is 0 Å². The molecule has 2 nitrogen and oxygen atoms in total. The van der Waals surface area contributed by atoms with Gasteiger partial charge in [0, 0.05) is 0 Å². The zero-order valence-corrected chi connectivity index (χ0v) is 22.2. The van der Waals surface area contributed by atoms with Gasteiger partial charge in [-0.25, -0.2) is 0 Å². The molecule has 32 heavy (non-hydrogen) atoms. The van der Waals surface area contributed by atoms with Crippen molar-refractivity contribution in [2.24, 2.45) is 45.3 Å². The first-order valence-corrected chi connectivity index (χ1v) is 13.5. The molecule has 0 spiro atoms. The van der Waals surface area contributed by atoms with Crippen molar-refractivity contribution >= 4 is 0 Å². The van der Waals surface area contributed by atoms with E-state index in [2.05, 4.69) is 61.5 Å². The van der Waals surface area contributed by atoms with Gasteiger partial charge in [0.05, 0.1) is 12.2 Å². The average molecular weight is 443 g/mol. The Balaban J connectivity index is 1.63. The Morgan fingerprint density at radius 1 is 1.06 bits per heavy atom. The largest absolute Gasteiger partial charge is 0.393 e. The summed E-state index contributed by atoms with van der Waals surface area (Å²) in [7, 11) is 0. The summed E-state index contributed by atoms with van der Waals surface area (Å²) in [6.45, 7) is 18.9. The van der Waals surface area contributed by atoms with Crippen LogP contribution in [0.3, 0.4) is 0 Å². The fourth-order valence-electron chi connectivity index (χ4n) is 9.65. The van der Waals surface area contributed by atoms with Crippen LogP contribution >= 0.6 is 0 Å². The van der Waals surface area contributed by atoms with E-state index in [0.717, 1.165) is 19.3 Å². The Labute approximate surface area is 198 Å². The molecule has 4 rings (SSSR count). The monoisotopic (exact) mass is 442 g/mol. The highest BCUT2D eigenvalue weighted by molar-refractivity contribution is 5.33. The van der Waals surface area contributed by atoms with Crippen molar-refractivity contribution in [3.05, 3.63) is 23.3 Å². The smallest absolute Gasteiger partial charge is 0.0726 e. The lowest BCUT2D eigenvalue weighted by Crippen LogP contribution is -2.58. The SMILES string of the molecule is CC(C)=CC(O)C[C@H](C)[C@@H]1CC[C@]2(C)C3=CC[C@H]4C(C)(C)[C@@H](O)CC[C@]4(C)[C@H]3CC[C@@]12C. The number of allylic oxidation sites excluding steroid dienone is 3. The normalized spacial score (nSPS) is 46.9. The third-order valence-electron chi connectivity index (χ3n) is 11.7. The van der Waals surface area contributed by atoms with Crippen LogP contribution in [0, 0.1) is 45.3 Å². The molecule has 0 saturated heterocycles. The van der Waals surface area contributed by atoms with Crippen molar-refractivity contribution in [3.63, 3.8) is 0 Å². The van der Waals surface area contributed by atoms with Crippen LogP contribution in [0.1, 0.15) is 107 Å². The van der Waals surface area contributed by atoms with E-state index in [-0.39, 0.29) is 23.0 Å². The molecule has 0 aromatic heterocycles. The minimum Gasteiger partial charge on any atom is -0.393 e. The van der Waals surface area contributed by atoms with Crippen molar-refractivity contribution < 1.29 is 10.2 Å². The summed E-state index contributed by atoms with van der Waals surface area (Å²) in [5.41, 5.74) is 3.92. The molecule has 2 heteroatoms. The van der Waals surface area contributed by atoms with Gasteiger partial charge in [0.1, 0.15) is 0 Å². The molecule has 0 amide bonds. The van der Waals surface area contributed by atoms with Crippen molar-refractivity contribution in [2.45, 2.75) is 119 Å². The Bertz CT molecular complexity index is 789. The Morgan fingerprint density at radius 2 is 1.75 bits per heavy atom. The second kappa shape index (κ2) is 7.98. The van der Waals surface area contributed by atoms with Gasteiger partial charge in [-0.05, 0) is 111 Å². The number of hydrogen-bond acceptors (Lipinski definition) is 2. The van der Waals surface area contributed by atoms with Crippen LogP contribution in [0.2, 0.25) is 0 Å². The van der Waals surface area contributed by atoms with Crippen LogP contribution in [0.5, 0.6) is 0 Å². The molecular formula is C30H50O2. The lowest BCUT2D eigenvalue weighted by molar-refractivity contribution is -0.131. The van der Waals surface area contributed by atoms with E-state index in [4.69, 9.17) is 0 Å². The fraction of sp³-hybridized carbons (Fsp3) is 0.867. The van der Waals surface area contributed by atoms with Crippen LogP contribution < -0.4 is 0 Å². The number of aliphatic hydroxyl groups excluding tert-OH is 2. The molecule has 182 valence electrons. The van der Waals surface area contributed by atoms with Gasteiger partial charge in [-0.15, -0.1) is 0 Å². The molecule has 3 fully saturated rings. The fourth-order valence-corrected chi connectivity index (χ4v) is 9.65. The number of fused-ring (bicyclic) bond motifs is 5. The van der Waals surface area contributed by atoms with Gasteiger partial charge in [0.25, 0.3) is 0 Å². The van der Waals surface area contributed by atoms with Crippen LogP contribution in [0.15, 0.2) is 23.3 Å². The highest BCUT2D eigenvalue weighted by Gasteiger charge is 2.65. The van der Waals surface area contributed by atoms with E-state index >= 15 is 0 Å². The van der Waals surface area contributed by atoms with E-state index in [9.17, 15) is 10.2 Å². The molecule has 4 aliphatic rings. The van der Waals surface area contributed by atoms with Gasteiger partial charge in [0.2, 0.25) is 0 Å². The van der Waals surface area contributed by atoms with E-state index in [1.807, 2.05) is 6.08 Å². The number of hydrogen-bond donors (Lipinski definition) is 2. The average Bonchev–Trinajstić information content (AvgIpc) is 2.96. The molecule has 1 unspecified atom stereocenters. The van der Waals surface area contributed by atoms with E-state index in [1.165, 1.54) is 37.7 Å². The highest BCUT2D eigenvalue weighted by atomic mass is 16.3. The third kappa shape index (κ3) is 3.41. The van der Waals surface area contributed by atoms with Crippen molar-refractivity contribution in [3.8, 4) is 0 Å². The minimum absolute atomic E-state index is 0.00444. The lowest BCUT2D eigenvalue weighted by Gasteiger charge is -2.64. The molecule has 0 radical (unpaired) electrons. The molecule has 9 atom stereocenters. The maximum absolute atomic E-state index is 10.8. The van der Waals surface area contributed by atoms with Crippen LogP contribution in [0.4, 0.5) is 0 Å². The van der Waals surface area contributed by atoms with E-state index in [0.29, 0.717) is 34.5 Å². The van der Waals surface area contributed by atoms with Gasteiger partial charge < -0.3 is 10.2 Å². The summed E-state index contributed by atoms with van der Waals surface area (Å²) in [5, 5.41) is 21.4. The van der Waals surface area contributed by atoms with Crippen molar-refractivity contribution in [1.29, 1.82) is 0 Å². The Kier molecular flexibility index (Phi) is 6.11. The van der Waals surface area contributed by atoms with Crippen LogP contribution in [0.25, 0.3) is 0 Å². The second-order valence-electron chi connectivity index (χ2n) is 13.8. The summed E-state index contributed by atoms with van der Waals surface area (Å²) in [6.07, 6.45) is 13.6. The summed E-state index contributed by atoms with van der Waals surface area (Å²) >= 11 is 0. The van der Waals surface area contributed by atoms with Crippen LogP contribution in [-0.2, 0) is 0 Å². The van der Waals surface area contributed by atoms with Gasteiger partial charge in [-0.3, -0.25) is 0 Å². The molecule has 0 aromatic rings. The van der Waals surface area contributed by atoms with E-state index in [1.54, 1.807) is 5.57 Å². The van der Waals surface area contributed by atoms with Crippen LogP contribution in [-0.4, -0.2) is 22.4 Å². The first-order chi connectivity index (χ1) is 14.8. The predicted molar refractivity (Wildman–Crippen MR) is 134 cm³/mol.